The number of hydrogen-bond acceptors (Lipinski definition) is 6. The molecule has 2 aromatic heterocycles. The van der Waals surface area contributed by atoms with Crippen molar-refractivity contribution in [1.82, 2.24) is 20.2 Å². The maximum Gasteiger partial charge on any atom is 0.313 e. The lowest BCUT2D eigenvalue weighted by Crippen LogP contribution is -2.49. The number of nitrogens with zero attached hydrogens (tertiary/aromatic N) is 3. The van der Waals surface area contributed by atoms with Crippen LogP contribution in [0.2, 0.25) is 25.7 Å². The molecule has 0 aromatic carbocycles. The molecule has 1 aliphatic carbocycles. The van der Waals surface area contributed by atoms with Crippen LogP contribution < -0.4 is 15.5 Å². The summed E-state index contributed by atoms with van der Waals surface area (Å²) >= 11 is 2.39. The van der Waals surface area contributed by atoms with Crippen molar-refractivity contribution in [3.8, 4) is 0 Å². The van der Waals surface area contributed by atoms with Gasteiger partial charge in [-0.25, -0.2) is 4.98 Å². The molecule has 1 aliphatic heterocycles. The number of alkyl halides is 3. The topological polar surface area (TPSA) is 74.6 Å². The number of ether oxygens (including phenoxy) is 1. The molecule has 4 rings (SSSR count). The number of hydrogen-bond donors (Lipinski definition) is 3. The van der Waals surface area contributed by atoms with Crippen molar-refractivity contribution in [2.75, 3.05) is 31.3 Å². The van der Waals surface area contributed by atoms with Crippen LogP contribution in [0, 0.1) is 5.92 Å². The average molecular weight is 575 g/mol. The summed E-state index contributed by atoms with van der Waals surface area (Å²) in [5.41, 5.74) is 2.71. The summed E-state index contributed by atoms with van der Waals surface area (Å²) in [6.45, 7) is 9.06. The molecular weight excluding hydrogens is 536 g/mol. The predicted molar refractivity (Wildman–Crippen MR) is 142 cm³/mol. The zero-order chi connectivity index (χ0) is 25.2. The van der Waals surface area contributed by atoms with Gasteiger partial charge in [0.05, 0.1) is 18.9 Å². The third-order valence-electron chi connectivity index (χ3n) is 7.07. The van der Waals surface area contributed by atoms with Crippen LogP contribution in [-0.2, 0) is 11.5 Å². The highest BCUT2D eigenvalue weighted by Gasteiger charge is 2.33. The Bertz CT molecular complexity index is 989. The van der Waals surface area contributed by atoms with Crippen LogP contribution in [-0.4, -0.2) is 60.0 Å². The second-order valence-electron chi connectivity index (χ2n) is 11.1. The molecule has 1 saturated carbocycles. The molecule has 1 fully saturated rings. The van der Waals surface area contributed by atoms with Crippen LogP contribution in [0.1, 0.15) is 37.5 Å². The Balaban J connectivity index is 1.44. The molecule has 3 heterocycles. The van der Waals surface area contributed by atoms with Gasteiger partial charge < -0.3 is 24.6 Å². The molecule has 2 aliphatic rings. The van der Waals surface area contributed by atoms with Crippen LogP contribution in [0.15, 0.2) is 18.5 Å². The fraction of sp³-hybridized carbons (Fsp3) is 0.708. The molecule has 0 bridgehead atoms. The van der Waals surface area contributed by atoms with Gasteiger partial charge >= 0.3 is 4.83 Å². The molecule has 7 nitrogen and oxygen atoms in total. The Kier molecular flexibility index (Phi) is 8.54. The fourth-order valence-corrected chi connectivity index (χ4v) is 6.03. The summed E-state index contributed by atoms with van der Waals surface area (Å²) in [6.07, 6.45) is 6.98. The number of fused-ring (bicyclic) bond motifs is 3. The van der Waals surface area contributed by atoms with Gasteiger partial charge in [0.15, 0.2) is 0 Å². The lowest BCUT2D eigenvalue weighted by molar-refractivity contribution is 0.0898. The van der Waals surface area contributed by atoms with E-state index in [4.69, 9.17) is 4.74 Å². The Labute approximate surface area is 215 Å². The molecule has 1 unspecified atom stereocenters. The Morgan fingerprint density at radius 3 is 2.71 bits per heavy atom. The van der Waals surface area contributed by atoms with E-state index in [0.717, 1.165) is 60.6 Å². The van der Waals surface area contributed by atoms with Crippen LogP contribution in [0.5, 0.6) is 0 Å². The van der Waals surface area contributed by atoms with Crippen molar-refractivity contribution in [3.05, 3.63) is 24.0 Å². The van der Waals surface area contributed by atoms with Crippen molar-refractivity contribution < 1.29 is 18.6 Å². The smallest absolute Gasteiger partial charge is 0.313 e. The molecular formula is C24H38BrF2N5O2Si. The van der Waals surface area contributed by atoms with E-state index < -0.39 is 19.1 Å². The van der Waals surface area contributed by atoms with Crippen molar-refractivity contribution in [3.63, 3.8) is 0 Å². The van der Waals surface area contributed by atoms with Crippen LogP contribution in [0.25, 0.3) is 11.0 Å². The second-order valence-corrected chi connectivity index (χ2v) is 17.9. The van der Waals surface area contributed by atoms with E-state index in [2.05, 4.69) is 62.2 Å². The number of anilines is 1. The first-order chi connectivity index (χ1) is 16.5. The highest BCUT2D eigenvalue weighted by Crippen LogP contribution is 2.40. The predicted octanol–water partition coefficient (Wildman–Crippen LogP) is 4.84. The van der Waals surface area contributed by atoms with E-state index in [9.17, 15) is 13.9 Å². The van der Waals surface area contributed by atoms with Gasteiger partial charge in [-0.3, -0.25) is 5.32 Å². The lowest BCUT2D eigenvalue weighted by atomic mass is 9.84. The molecule has 196 valence electrons. The first-order valence-electron chi connectivity index (χ1n) is 12.5. The lowest BCUT2D eigenvalue weighted by Gasteiger charge is -2.43. The SMILES string of the molecule is C[Si](C)(C)CCOCn1ccc2c3c(cnc21)C(O)NCN3[C@H]1CC[C@H](CNCC(F)(F)Br)CC1. The van der Waals surface area contributed by atoms with E-state index in [1.807, 2.05) is 10.8 Å². The van der Waals surface area contributed by atoms with E-state index in [1.54, 1.807) is 6.20 Å². The minimum atomic E-state index is -2.86. The summed E-state index contributed by atoms with van der Waals surface area (Å²) in [4.78, 5) is 4.17. The van der Waals surface area contributed by atoms with Gasteiger partial charge in [-0.1, -0.05) is 19.6 Å². The van der Waals surface area contributed by atoms with Crippen LogP contribution >= 0.6 is 15.9 Å². The van der Waals surface area contributed by atoms with E-state index in [-0.39, 0.29) is 6.54 Å². The summed E-state index contributed by atoms with van der Waals surface area (Å²) in [7, 11) is -1.14. The van der Waals surface area contributed by atoms with Crippen molar-refractivity contribution >= 4 is 40.7 Å². The largest absolute Gasteiger partial charge is 0.374 e. The standard InChI is InChI=1S/C24H38BrF2N5O2Si/c1-35(2,3)11-10-34-16-31-9-8-19-21-20(13-29-22(19)31)23(33)30-15-32(21)18-6-4-17(5-7-18)12-28-14-24(25,26)27/h8-9,13,17-18,23,28,30,33H,4-7,10-12,14-16H2,1-3H3/t17-,18-,23?. The molecule has 3 N–H and O–H groups in total. The Hall–Kier alpha value is -1.11. The van der Waals surface area contributed by atoms with E-state index in [0.29, 0.717) is 31.9 Å². The zero-order valence-corrected chi connectivity index (χ0v) is 23.5. The Morgan fingerprint density at radius 2 is 2.03 bits per heavy atom. The molecule has 11 heteroatoms. The molecule has 0 radical (unpaired) electrons. The number of nitrogens with one attached hydrogen (secondary N) is 2. The minimum Gasteiger partial charge on any atom is -0.374 e. The Morgan fingerprint density at radius 1 is 1.29 bits per heavy atom. The molecule has 0 saturated heterocycles. The van der Waals surface area contributed by atoms with Crippen molar-refractivity contribution in [2.24, 2.45) is 5.92 Å². The van der Waals surface area contributed by atoms with Crippen molar-refractivity contribution in [1.29, 1.82) is 0 Å². The van der Waals surface area contributed by atoms with E-state index >= 15 is 0 Å². The number of aliphatic hydroxyl groups excluding tert-OH is 1. The monoisotopic (exact) mass is 573 g/mol. The van der Waals surface area contributed by atoms with Gasteiger partial charge in [0.1, 0.15) is 18.6 Å². The van der Waals surface area contributed by atoms with Gasteiger partial charge in [-0.15, -0.1) is 0 Å². The van der Waals surface area contributed by atoms with Gasteiger partial charge in [0.25, 0.3) is 0 Å². The number of aliphatic hydroxyl groups is 1. The summed E-state index contributed by atoms with van der Waals surface area (Å²) in [5.74, 6) is 0.399. The number of halogens is 3. The molecule has 0 amide bonds. The molecule has 1 atom stereocenters. The normalized spacial score (nSPS) is 23.6. The van der Waals surface area contributed by atoms with Gasteiger partial charge in [-0.05, 0) is 66.2 Å². The first-order valence-corrected chi connectivity index (χ1v) is 17.0. The highest BCUT2D eigenvalue weighted by atomic mass is 79.9. The first kappa shape index (κ1) is 26.9. The highest BCUT2D eigenvalue weighted by molar-refractivity contribution is 9.10. The average Bonchev–Trinajstić information content (AvgIpc) is 3.19. The molecule has 0 spiro atoms. The third-order valence-corrected chi connectivity index (χ3v) is 9.05. The van der Waals surface area contributed by atoms with E-state index in [1.165, 1.54) is 0 Å². The fourth-order valence-electron chi connectivity index (χ4n) is 5.07. The van der Waals surface area contributed by atoms with Gasteiger partial charge in [0, 0.05) is 44.1 Å². The molecule has 35 heavy (non-hydrogen) atoms. The summed E-state index contributed by atoms with van der Waals surface area (Å²) in [6, 6.07) is 3.52. The maximum atomic E-state index is 13.0. The van der Waals surface area contributed by atoms with Gasteiger partial charge in [0.2, 0.25) is 0 Å². The second kappa shape index (κ2) is 11.1. The number of rotatable bonds is 10. The van der Waals surface area contributed by atoms with Crippen LogP contribution in [0.4, 0.5) is 14.5 Å². The molecule has 2 aromatic rings. The minimum absolute atomic E-state index is 0.324. The summed E-state index contributed by atoms with van der Waals surface area (Å²) in [5, 5.41) is 17.7. The zero-order valence-electron chi connectivity index (χ0n) is 20.9. The third kappa shape index (κ3) is 7.01. The quantitative estimate of drug-likeness (QED) is 0.214. The maximum absolute atomic E-state index is 13.0. The van der Waals surface area contributed by atoms with Crippen molar-refractivity contribution in [2.45, 2.75) is 75.2 Å². The number of aromatic nitrogens is 2. The summed E-state index contributed by atoms with van der Waals surface area (Å²) < 4.78 is 34.0. The van der Waals surface area contributed by atoms with Crippen LogP contribution in [0.3, 0.4) is 0 Å². The number of pyridine rings is 1. The van der Waals surface area contributed by atoms with Gasteiger partial charge in [-0.2, -0.15) is 8.78 Å².